The lowest BCUT2D eigenvalue weighted by molar-refractivity contribution is 0.0379. The molecule has 0 heterocycles. The summed E-state index contributed by atoms with van der Waals surface area (Å²) in [7, 11) is 0. The van der Waals surface area contributed by atoms with Crippen molar-refractivity contribution in [1.82, 2.24) is 5.32 Å². The molecule has 1 atom stereocenters. The summed E-state index contributed by atoms with van der Waals surface area (Å²) in [6.07, 6.45) is -0.329. The molecule has 21 heavy (non-hydrogen) atoms. The second-order valence-corrected chi connectivity index (χ2v) is 5.20. The molecule has 1 N–H and O–H groups in total. The van der Waals surface area contributed by atoms with Gasteiger partial charge >= 0.3 is 0 Å². The molecule has 0 aliphatic rings. The summed E-state index contributed by atoms with van der Waals surface area (Å²) in [5, 5.41) is 3.88. The SMILES string of the molecule is CCNCC(OCc1cccc(Cl)c1)c1ccccc1F. The highest BCUT2D eigenvalue weighted by Crippen LogP contribution is 2.22. The van der Waals surface area contributed by atoms with Gasteiger partial charge < -0.3 is 10.1 Å². The molecule has 2 nitrogen and oxygen atoms in total. The van der Waals surface area contributed by atoms with Gasteiger partial charge in [-0.05, 0) is 30.3 Å². The third-order valence-corrected chi connectivity index (χ3v) is 3.41. The quantitative estimate of drug-likeness (QED) is 0.821. The zero-order valence-electron chi connectivity index (χ0n) is 12.0. The van der Waals surface area contributed by atoms with Gasteiger partial charge in [-0.25, -0.2) is 4.39 Å². The van der Waals surface area contributed by atoms with Crippen molar-refractivity contribution >= 4 is 11.6 Å². The van der Waals surface area contributed by atoms with E-state index in [2.05, 4.69) is 5.32 Å². The summed E-state index contributed by atoms with van der Waals surface area (Å²) in [5.41, 5.74) is 1.54. The Morgan fingerprint density at radius 2 is 2.00 bits per heavy atom. The van der Waals surface area contributed by atoms with Crippen LogP contribution in [0.4, 0.5) is 4.39 Å². The van der Waals surface area contributed by atoms with Crippen molar-refractivity contribution in [2.24, 2.45) is 0 Å². The molecule has 112 valence electrons. The highest BCUT2D eigenvalue weighted by Gasteiger charge is 2.15. The Hall–Kier alpha value is -1.42. The number of hydrogen-bond donors (Lipinski definition) is 1. The Morgan fingerprint density at radius 1 is 1.19 bits per heavy atom. The first-order valence-corrected chi connectivity index (χ1v) is 7.39. The van der Waals surface area contributed by atoms with Gasteiger partial charge in [0.15, 0.2) is 0 Å². The van der Waals surface area contributed by atoms with Crippen molar-refractivity contribution in [3.05, 3.63) is 70.5 Å². The zero-order valence-corrected chi connectivity index (χ0v) is 12.7. The number of benzene rings is 2. The van der Waals surface area contributed by atoms with Gasteiger partial charge in [-0.1, -0.05) is 48.9 Å². The summed E-state index contributed by atoms with van der Waals surface area (Å²) in [6, 6.07) is 14.2. The van der Waals surface area contributed by atoms with Gasteiger partial charge in [0.2, 0.25) is 0 Å². The van der Waals surface area contributed by atoms with E-state index >= 15 is 0 Å². The van der Waals surface area contributed by atoms with E-state index in [4.69, 9.17) is 16.3 Å². The number of halogens is 2. The van der Waals surface area contributed by atoms with Crippen LogP contribution in [-0.4, -0.2) is 13.1 Å². The molecule has 0 spiro atoms. The number of likely N-dealkylation sites (N-methyl/N-ethyl adjacent to an activating group) is 1. The molecule has 2 aromatic rings. The van der Waals surface area contributed by atoms with Crippen molar-refractivity contribution in [3.8, 4) is 0 Å². The maximum Gasteiger partial charge on any atom is 0.129 e. The minimum absolute atomic E-state index is 0.244. The Kier molecular flexibility index (Phi) is 6.18. The first-order chi connectivity index (χ1) is 10.2. The van der Waals surface area contributed by atoms with Crippen molar-refractivity contribution in [3.63, 3.8) is 0 Å². The van der Waals surface area contributed by atoms with E-state index in [-0.39, 0.29) is 11.9 Å². The van der Waals surface area contributed by atoms with Crippen LogP contribution in [0.2, 0.25) is 5.02 Å². The van der Waals surface area contributed by atoms with Crippen molar-refractivity contribution in [2.45, 2.75) is 19.6 Å². The van der Waals surface area contributed by atoms with E-state index < -0.39 is 0 Å². The smallest absolute Gasteiger partial charge is 0.129 e. The Labute approximate surface area is 129 Å². The Bertz CT molecular complexity index is 576. The zero-order chi connectivity index (χ0) is 15.1. The second kappa shape index (κ2) is 8.13. The monoisotopic (exact) mass is 307 g/mol. The topological polar surface area (TPSA) is 21.3 Å². The van der Waals surface area contributed by atoms with Gasteiger partial charge in [0, 0.05) is 17.1 Å². The maximum atomic E-state index is 13.9. The highest BCUT2D eigenvalue weighted by molar-refractivity contribution is 6.30. The first-order valence-electron chi connectivity index (χ1n) is 7.02. The lowest BCUT2D eigenvalue weighted by atomic mass is 10.1. The predicted molar refractivity (Wildman–Crippen MR) is 83.9 cm³/mol. The van der Waals surface area contributed by atoms with Crippen LogP contribution in [-0.2, 0) is 11.3 Å². The van der Waals surface area contributed by atoms with Crippen LogP contribution in [0.15, 0.2) is 48.5 Å². The lowest BCUT2D eigenvalue weighted by Gasteiger charge is -2.19. The molecule has 0 radical (unpaired) electrons. The fourth-order valence-electron chi connectivity index (χ4n) is 2.09. The summed E-state index contributed by atoms with van der Waals surface area (Å²) in [4.78, 5) is 0. The van der Waals surface area contributed by atoms with E-state index in [1.807, 2.05) is 37.3 Å². The summed E-state index contributed by atoms with van der Waals surface area (Å²) < 4.78 is 19.8. The Morgan fingerprint density at radius 3 is 2.71 bits per heavy atom. The van der Waals surface area contributed by atoms with E-state index in [9.17, 15) is 4.39 Å². The molecule has 0 bridgehead atoms. The second-order valence-electron chi connectivity index (χ2n) is 4.76. The number of ether oxygens (including phenoxy) is 1. The number of hydrogen-bond acceptors (Lipinski definition) is 2. The minimum atomic E-state index is -0.329. The molecule has 0 saturated heterocycles. The average molecular weight is 308 g/mol. The molecule has 0 aliphatic heterocycles. The van der Waals surface area contributed by atoms with Gasteiger partial charge in [-0.15, -0.1) is 0 Å². The lowest BCUT2D eigenvalue weighted by Crippen LogP contribution is -2.23. The van der Waals surface area contributed by atoms with Gasteiger partial charge in [0.1, 0.15) is 5.82 Å². The van der Waals surface area contributed by atoms with Gasteiger partial charge in [-0.3, -0.25) is 0 Å². The van der Waals surface area contributed by atoms with Crippen molar-refractivity contribution < 1.29 is 9.13 Å². The largest absolute Gasteiger partial charge is 0.367 e. The third-order valence-electron chi connectivity index (χ3n) is 3.17. The van der Waals surface area contributed by atoms with Crippen LogP contribution in [0.1, 0.15) is 24.2 Å². The molecule has 2 aromatic carbocycles. The number of rotatable bonds is 7. The molecule has 0 fully saturated rings. The highest BCUT2D eigenvalue weighted by atomic mass is 35.5. The molecule has 0 aromatic heterocycles. The minimum Gasteiger partial charge on any atom is -0.367 e. The standard InChI is InChI=1S/C17H19ClFNO/c1-2-20-11-17(15-8-3-4-9-16(15)19)21-12-13-6-5-7-14(18)10-13/h3-10,17,20H,2,11-12H2,1H3. The third kappa shape index (κ3) is 4.81. The molecule has 1 unspecified atom stereocenters. The predicted octanol–water partition coefficient (Wildman–Crippen LogP) is 4.35. The van der Waals surface area contributed by atoms with Gasteiger partial charge in [0.05, 0.1) is 12.7 Å². The van der Waals surface area contributed by atoms with Crippen LogP contribution >= 0.6 is 11.6 Å². The van der Waals surface area contributed by atoms with Gasteiger partial charge in [0.25, 0.3) is 0 Å². The summed E-state index contributed by atoms with van der Waals surface area (Å²) >= 11 is 5.96. The van der Waals surface area contributed by atoms with Crippen molar-refractivity contribution in [2.75, 3.05) is 13.1 Å². The fourth-order valence-corrected chi connectivity index (χ4v) is 2.31. The molecule has 4 heteroatoms. The number of nitrogens with one attached hydrogen (secondary N) is 1. The molecule has 0 aliphatic carbocycles. The molecule has 0 saturated carbocycles. The molecule has 0 amide bonds. The molecular weight excluding hydrogens is 289 g/mol. The molecular formula is C17H19ClFNO. The van der Waals surface area contributed by atoms with E-state index in [0.29, 0.717) is 23.7 Å². The van der Waals surface area contributed by atoms with E-state index in [0.717, 1.165) is 12.1 Å². The van der Waals surface area contributed by atoms with Gasteiger partial charge in [-0.2, -0.15) is 0 Å². The van der Waals surface area contributed by atoms with Crippen LogP contribution in [0.25, 0.3) is 0 Å². The van der Waals surface area contributed by atoms with Crippen LogP contribution < -0.4 is 5.32 Å². The fraction of sp³-hybridized carbons (Fsp3) is 0.294. The van der Waals surface area contributed by atoms with Crippen LogP contribution in [0.5, 0.6) is 0 Å². The Balaban J connectivity index is 2.08. The van der Waals surface area contributed by atoms with Crippen LogP contribution in [0.3, 0.4) is 0 Å². The molecule has 2 rings (SSSR count). The van der Waals surface area contributed by atoms with E-state index in [1.54, 1.807) is 12.1 Å². The summed E-state index contributed by atoms with van der Waals surface area (Å²) in [5.74, 6) is -0.244. The average Bonchev–Trinajstić information content (AvgIpc) is 2.48. The maximum absolute atomic E-state index is 13.9. The van der Waals surface area contributed by atoms with Crippen LogP contribution in [0, 0.1) is 5.82 Å². The first kappa shape index (κ1) is 16.0. The van der Waals surface area contributed by atoms with Crippen molar-refractivity contribution in [1.29, 1.82) is 0 Å². The van der Waals surface area contributed by atoms with E-state index in [1.165, 1.54) is 6.07 Å². The normalized spacial score (nSPS) is 12.3. The summed E-state index contributed by atoms with van der Waals surface area (Å²) in [6.45, 7) is 3.78.